The van der Waals surface area contributed by atoms with Crippen molar-refractivity contribution in [1.82, 2.24) is 0 Å². The second kappa shape index (κ2) is 2.98. The molecule has 0 saturated carbocycles. The number of allylic oxidation sites excluding steroid dienone is 8. The molecular formula is C14H18. The third-order valence-electron chi connectivity index (χ3n) is 3.01. The van der Waals surface area contributed by atoms with Gasteiger partial charge in [0.2, 0.25) is 0 Å². The molecule has 0 fully saturated rings. The van der Waals surface area contributed by atoms with Gasteiger partial charge in [-0.1, -0.05) is 56.7 Å². The minimum absolute atomic E-state index is 0.265. The minimum atomic E-state index is 0.265. The maximum absolute atomic E-state index is 2.36. The van der Waals surface area contributed by atoms with Gasteiger partial charge < -0.3 is 0 Å². The highest BCUT2D eigenvalue weighted by Crippen LogP contribution is 2.42. The molecule has 1 atom stereocenters. The fourth-order valence-corrected chi connectivity index (χ4v) is 2.25. The van der Waals surface area contributed by atoms with Crippen molar-refractivity contribution in [1.29, 1.82) is 0 Å². The lowest BCUT2D eigenvalue weighted by atomic mass is 9.82. The summed E-state index contributed by atoms with van der Waals surface area (Å²) in [6.45, 7) is 9.09. The SMILES string of the molecule is CC1=CC(C(C)(C)C)=C2C=CC=CC12. The number of fused-ring (bicyclic) bond motifs is 1. The summed E-state index contributed by atoms with van der Waals surface area (Å²) in [4.78, 5) is 0. The van der Waals surface area contributed by atoms with E-state index in [0.717, 1.165) is 0 Å². The maximum atomic E-state index is 2.36. The van der Waals surface area contributed by atoms with Gasteiger partial charge in [-0.25, -0.2) is 0 Å². The molecule has 0 aromatic carbocycles. The van der Waals surface area contributed by atoms with Gasteiger partial charge in [0.05, 0.1) is 0 Å². The summed E-state index contributed by atoms with van der Waals surface area (Å²) >= 11 is 0. The summed E-state index contributed by atoms with van der Waals surface area (Å²) in [6.07, 6.45) is 11.2. The Labute approximate surface area is 86.7 Å². The molecule has 1 unspecified atom stereocenters. The van der Waals surface area contributed by atoms with Crippen LogP contribution in [-0.2, 0) is 0 Å². The largest absolute Gasteiger partial charge is 0.0730 e. The van der Waals surface area contributed by atoms with Crippen LogP contribution in [0.25, 0.3) is 0 Å². The molecule has 0 saturated heterocycles. The van der Waals surface area contributed by atoms with Gasteiger partial charge in [-0.3, -0.25) is 0 Å². The third-order valence-corrected chi connectivity index (χ3v) is 3.01. The topological polar surface area (TPSA) is 0 Å². The molecule has 0 spiro atoms. The summed E-state index contributed by atoms with van der Waals surface area (Å²) in [5, 5.41) is 0. The summed E-state index contributed by atoms with van der Waals surface area (Å²) in [5.41, 5.74) is 4.74. The van der Waals surface area contributed by atoms with Crippen LogP contribution in [0.2, 0.25) is 0 Å². The molecule has 0 amide bonds. The van der Waals surface area contributed by atoms with Gasteiger partial charge in [-0.2, -0.15) is 0 Å². The summed E-state index contributed by atoms with van der Waals surface area (Å²) in [6, 6.07) is 0. The zero-order valence-electron chi connectivity index (χ0n) is 9.46. The average Bonchev–Trinajstić information content (AvgIpc) is 2.44. The first kappa shape index (κ1) is 9.51. The van der Waals surface area contributed by atoms with E-state index in [1.54, 1.807) is 0 Å². The second-order valence-corrected chi connectivity index (χ2v) is 5.23. The van der Waals surface area contributed by atoms with Crippen LogP contribution in [0.3, 0.4) is 0 Å². The van der Waals surface area contributed by atoms with Crippen molar-refractivity contribution in [3.05, 3.63) is 47.1 Å². The van der Waals surface area contributed by atoms with Crippen molar-refractivity contribution in [2.75, 3.05) is 0 Å². The molecular weight excluding hydrogens is 168 g/mol. The summed E-state index contributed by atoms with van der Waals surface area (Å²) < 4.78 is 0. The number of rotatable bonds is 0. The highest BCUT2D eigenvalue weighted by molar-refractivity contribution is 5.53. The number of hydrogen-bond acceptors (Lipinski definition) is 0. The van der Waals surface area contributed by atoms with Crippen LogP contribution in [0.4, 0.5) is 0 Å². The molecule has 0 aromatic rings. The zero-order valence-corrected chi connectivity index (χ0v) is 9.46. The molecule has 74 valence electrons. The second-order valence-electron chi connectivity index (χ2n) is 5.23. The number of hydrogen-bond donors (Lipinski definition) is 0. The molecule has 0 bridgehead atoms. The van der Waals surface area contributed by atoms with E-state index in [2.05, 4.69) is 58.1 Å². The van der Waals surface area contributed by atoms with Crippen LogP contribution in [0, 0.1) is 11.3 Å². The average molecular weight is 186 g/mol. The molecule has 2 aliphatic rings. The van der Waals surface area contributed by atoms with Crippen molar-refractivity contribution in [3.63, 3.8) is 0 Å². The van der Waals surface area contributed by atoms with Crippen LogP contribution >= 0.6 is 0 Å². The van der Waals surface area contributed by atoms with Crippen molar-refractivity contribution in [3.8, 4) is 0 Å². The van der Waals surface area contributed by atoms with E-state index in [4.69, 9.17) is 0 Å². The lowest BCUT2D eigenvalue weighted by Gasteiger charge is -2.22. The standard InChI is InChI=1S/C14H18/c1-10-9-13(14(2,3)4)12-8-6-5-7-11(10)12/h5-9,11H,1-4H3. The van der Waals surface area contributed by atoms with Crippen molar-refractivity contribution in [2.45, 2.75) is 27.7 Å². The minimum Gasteiger partial charge on any atom is -0.0730 e. The predicted octanol–water partition coefficient (Wildman–Crippen LogP) is 4.03. The Balaban J connectivity index is 2.50. The molecule has 0 nitrogen and oxygen atoms in total. The van der Waals surface area contributed by atoms with Crippen molar-refractivity contribution < 1.29 is 0 Å². The van der Waals surface area contributed by atoms with Gasteiger partial charge in [-0.15, -0.1) is 0 Å². The first-order chi connectivity index (χ1) is 6.50. The lowest BCUT2D eigenvalue weighted by Crippen LogP contribution is -2.10. The Morgan fingerprint density at radius 2 is 1.86 bits per heavy atom. The predicted molar refractivity (Wildman–Crippen MR) is 62.0 cm³/mol. The Morgan fingerprint density at radius 3 is 2.50 bits per heavy atom. The fourth-order valence-electron chi connectivity index (χ4n) is 2.25. The van der Waals surface area contributed by atoms with Gasteiger partial charge >= 0.3 is 0 Å². The van der Waals surface area contributed by atoms with Crippen LogP contribution in [-0.4, -0.2) is 0 Å². The molecule has 2 rings (SSSR count). The van der Waals surface area contributed by atoms with Gasteiger partial charge in [0, 0.05) is 5.92 Å². The first-order valence-electron chi connectivity index (χ1n) is 5.28. The van der Waals surface area contributed by atoms with Gasteiger partial charge in [-0.05, 0) is 23.5 Å². The smallest absolute Gasteiger partial charge is 0.0234 e. The molecule has 0 aliphatic heterocycles. The van der Waals surface area contributed by atoms with Crippen LogP contribution < -0.4 is 0 Å². The van der Waals surface area contributed by atoms with Gasteiger partial charge in [0.25, 0.3) is 0 Å². The van der Waals surface area contributed by atoms with E-state index in [0.29, 0.717) is 5.92 Å². The van der Waals surface area contributed by atoms with Gasteiger partial charge in [0.1, 0.15) is 0 Å². The van der Waals surface area contributed by atoms with E-state index in [-0.39, 0.29) is 5.41 Å². The van der Waals surface area contributed by atoms with Crippen LogP contribution in [0.15, 0.2) is 47.1 Å². The first-order valence-corrected chi connectivity index (χ1v) is 5.28. The van der Waals surface area contributed by atoms with Crippen LogP contribution in [0.1, 0.15) is 27.7 Å². The van der Waals surface area contributed by atoms with E-state index < -0.39 is 0 Å². The van der Waals surface area contributed by atoms with Crippen molar-refractivity contribution >= 4 is 0 Å². The summed E-state index contributed by atoms with van der Waals surface area (Å²) in [7, 11) is 0. The highest BCUT2D eigenvalue weighted by Gasteiger charge is 2.28. The molecule has 0 radical (unpaired) electrons. The highest BCUT2D eigenvalue weighted by atomic mass is 14.3. The third kappa shape index (κ3) is 1.39. The van der Waals surface area contributed by atoms with E-state index in [1.165, 1.54) is 16.7 Å². The fraction of sp³-hybridized carbons (Fsp3) is 0.429. The van der Waals surface area contributed by atoms with Crippen molar-refractivity contribution in [2.24, 2.45) is 11.3 Å². The lowest BCUT2D eigenvalue weighted by molar-refractivity contribution is 0.514. The monoisotopic (exact) mass is 186 g/mol. The Hall–Kier alpha value is -1.04. The van der Waals surface area contributed by atoms with Gasteiger partial charge in [0.15, 0.2) is 0 Å². The molecule has 0 N–H and O–H groups in total. The Kier molecular flexibility index (Phi) is 2.02. The zero-order chi connectivity index (χ0) is 10.3. The maximum Gasteiger partial charge on any atom is 0.0234 e. The van der Waals surface area contributed by atoms with E-state index in [9.17, 15) is 0 Å². The quantitative estimate of drug-likeness (QED) is 0.536. The summed E-state index contributed by atoms with van der Waals surface area (Å²) in [5.74, 6) is 0.550. The normalized spacial score (nSPS) is 25.4. The molecule has 0 aromatic heterocycles. The Bertz CT molecular complexity index is 367. The van der Waals surface area contributed by atoms with Crippen LogP contribution in [0.5, 0.6) is 0 Å². The molecule has 2 aliphatic carbocycles. The van der Waals surface area contributed by atoms with E-state index >= 15 is 0 Å². The molecule has 14 heavy (non-hydrogen) atoms. The Morgan fingerprint density at radius 1 is 1.14 bits per heavy atom. The van der Waals surface area contributed by atoms with E-state index in [1.807, 2.05) is 0 Å². The molecule has 0 heterocycles. The molecule has 0 heteroatoms.